The highest BCUT2D eigenvalue weighted by molar-refractivity contribution is 7.10. The summed E-state index contributed by atoms with van der Waals surface area (Å²) in [5.41, 5.74) is -1.42. The number of amides is 1. The fourth-order valence-electron chi connectivity index (χ4n) is 3.52. The summed E-state index contributed by atoms with van der Waals surface area (Å²) < 4.78 is 10.6. The van der Waals surface area contributed by atoms with Crippen LogP contribution in [0.15, 0.2) is 47.8 Å². The Kier molecular flexibility index (Phi) is 5.60. The fourth-order valence-corrected chi connectivity index (χ4v) is 4.41. The maximum atomic E-state index is 13.2. The average Bonchev–Trinajstić information content (AvgIpc) is 3.29. The number of nitrogens with zero attached hydrogens (tertiary/aromatic N) is 1. The van der Waals surface area contributed by atoms with E-state index in [1.807, 2.05) is 17.5 Å². The first-order chi connectivity index (χ1) is 13.1. The van der Waals surface area contributed by atoms with Crippen LogP contribution >= 0.6 is 11.3 Å². The lowest BCUT2D eigenvalue weighted by Crippen LogP contribution is -2.62. The number of para-hydroxylation sites is 1. The Labute approximate surface area is 161 Å². The zero-order valence-corrected chi connectivity index (χ0v) is 16.0. The number of thiophene rings is 1. The first-order valence-electron chi connectivity index (χ1n) is 8.83. The Morgan fingerprint density at radius 2 is 1.70 bits per heavy atom. The predicted molar refractivity (Wildman–Crippen MR) is 102 cm³/mol. The molecule has 0 radical (unpaired) electrons. The summed E-state index contributed by atoms with van der Waals surface area (Å²) in [5, 5.41) is 1.85. The van der Waals surface area contributed by atoms with Crippen LogP contribution in [0.2, 0.25) is 0 Å². The Balaban J connectivity index is 2.25. The van der Waals surface area contributed by atoms with Gasteiger partial charge in [0.2, 0.25) is 5.91 Å². The minimum Gasteiger partial charge on any atom is -0.464 e. The number of rotatable bonds is 6. The van der Waals surface area contributed by atoms with Crippen molar-refractivity contribution in [3.8, 4) is 0 Å². The monoisotopic (exact) mass is 387 g/mol. The summed E-state index contributed by atoms with van der Waals surface area (Å²) in [6.45, 7) is 3.52. The number of esters is 2. The van der Waals surface area contributed by atoms with Crippen molar-refractivity contribution in [2.45, 2.75) is 31.7 Å². The van der Waals surface area contributed by atoms with E-state index in [1.165, 1.54) is 16.2 Å². The van der Waals surface area contributed by atoms with E-state index in [9.17, 15) is 14.4 Å². The number of benzene rings is 1. The summed E-state index contributed by atoms with van der Waals surface area (Å²) in [5.74, 6) is -2.53. The van der Waals surface area contributed by atoms with Crippen LogP contribution in [-0.2, 0) is 23.9 Å². The van der Waals surface area contributed by atoms with E-state index in [0.717, 1.165) is 4.88 Å². The second-order valence-electron chi connectivity index (χ2n) is 6.04. The molecular formula is C20H21NO5S. The van der Waals surface area contributed by atoms with Crippen LogP contribution in [0.1, 0.15) is 31.1 Å². The molecule has 1 atom stereocenters. The minimum atomic E-state index is -1.88. The summed E-state index contributed by atoms with van der Waals surface area (Å²) in [4.78, 5) is 41.5. The molecule has 0 bridgehead atoms. The maximum Gasteiger partial charge on any atom is 0.344 e. The molecule has 2 aromatic rings. The van der Waals surface area contributed by atoms with Gasteiger partial charge >= 0.3 is 11.9 Å². The largest absolute Gasteiger partial charge is 0.464 e. The normalized spacial score (nSPS) is 18.4. The minimum absolute atomic E-state index is 0.0209. The quantitative estimate of drug-likeness (QED) is 0.562. The number of anilines is 1. The van der Waals surface area contributed by atoms with Crippen LogP contribution < -0.4 is 4.90 Å². The SMILES string of the molecule is CCOC(=O)C1(C(=O)OCC)C(c2cccs2)CC(=O)N1c1ccccc1. The highest BCUT2D eigenvalue weighted by atomic mass is 32.1. The molecule has 3 rings (SSSR count). The van der Waals surface area contributed by atoms with Crippen LogP contribution in [0.5, 0.6) is 0 Å². The van der Waals surface area contributed by atoms with Gasteiger partial charge in [0.05, 0.1) is 13.2 Å². The Morgan fingerprint density at radius 1 is 1.07 bits per heavy atom. The first kappa shape index (κ1) is 19.1. The molecule has 1 aliphatic heterocycles. The van der Waals surface area contributed by atoms with Gasteiger partial charge in [0, 0.05) is 22.9 Å². The summed E-state index contributed by atoms with van der Waals surface area (Å²) in [6, 6.07) is 12.4. The molecular weight excluding hydrogens is 366 g/mol. The van der Waals surface area contributed by atoms with Crippen LogP contribution in [0.3, 0.4) is 0 Å². The van der Waals surface area contributed by atoms with E-state index in [0.29, 0.717) is 5.69 Å². The predicted octanol–water partition coefficient (Wildman–Crippen LogP) is 3.13. The van der Waals surface area contributed by atoms with Crippen molar-refractivity contribution in [3.05, 3.63) is 52.7 Å². The molecule has 0 spiro atoms. The molecule has 2 heterocycles. The fraction of sp³-hybridized carbons (Fsp3) is 0.350. The third-order valence-corrected chi connectivity index (χ3v) is 5.55. The zero-order chi connectivity index (χ0) is 19.4. The van der Waals surface area contributed by atoms with Crippen molar-refractivity contribution in [2.75, 3.05) is 18.1 Å². The molecule has 7 heteroatoms. The van der Waals surface area contributed by atoms with Crippen LogP contribution in [0, 0.1) is 0 Å². The van der Waals surface area contributed by atoms with Gasteiger partial charge < -0.3 is 9.47 Å². The van der Waals surface area contributed by atoms with Crippen LogP contribution in [0.4, 0.5) is 5.69 Å². The standard InChI is InChI=1S/C20H21NO5S/c1-3-25-18(23)20(19(24)26-4-2)15(16-11-8-12-27-16)13-17(22)21(20)14-9-6-5-7-10-14/h5-12,15H,3-4,13H2,1-2H3. The topological polar surface area (TPSA) is 72.9 Å². The third-order valence-electron chi connectivity index (χ3n) is 4.56. The molecule has 27 heavy (non-hydrogen) atoms. The Hall–Kier alpha value is -2.67. The lowest BCUT2D eigenvalue weighted by molar-refractivity contribution is -0.164. The average molecular weight is 387 g/mol. The van der Waals surface area contributed by atoms with E-state index < -0.39 is 23.4 Å². The molecule has 0 saturated carbocycles. The molecule has 1 fully saturated rings. The highest BCUT2D eigenvalue weighted by Crippen LogP contribution is 2.48. The van der Waals surface area contributed by atoms with Crippen LogP contribution in [-0.4, -0.2) is 36.6 Å². The van der Waals surface area contributed by atoms with E-state index in [1.54, 1.807) is 44.2 Å². The van der Waals surface area contributed by atoms with Gasteiger partial charge in [-0.05, 0) is 37.4 Å². The molecule has 1 amide bonds. The summed E-state index contributed by atoms with van der Waals surface area (Å²) in [7, 11) is 0. The maximum absolute atomic E-state index is 13.2. The van der Waals surface area contributed by atoms with Gasteiger partial charge in [0.1, 0.15) is 0 Å². The van der Waals surface area contributed by atoms with Crippen molar-refractivity contribution in [1.82, 2.24) is 0 Å². The van der Waals surface area contributed by atoms with E-state index in [4.69, 9.17) is 9.47 Å². The molecule has 1 aromatic heterocycles. The molecule has 0 N–H and O–H groups in total. The zero-order valence-electron chi connectivity index (χ0n) is 15.2. The molecule has 142 valence electrons. The van der Waals surface area contributed by atoms with Crippen LogP contribution in [0.25, 0.3) is 0 Å². The van der Waals surface area contributed by atoms with Crippen molar-refractivity contribution in [1.29, 1.82) is 0 Å². The van der Waals surface area contributed by atoms with Gasteiger partial charge in [-0.15, -0.1) is 11.3 Å². The van der Waals surface area contributed by atoms with Gasteiger partial charge in [0.15, 0.2) is 0 Å². The molecule has 1 unspecified atom stereocenters. The van der Waals surface area contributed by atoms with Gasteiger partial charge in [0.25, 0.3) is 5.54 Å². The van der Waals surface area contributed by atoms with Gasteiger partial charge in [-0.3, -0.25) is 9.69 Å². The Morgan fingerprint density at radius 3 is 2.22 bits per heavy atom. The molecule has 1 saturated heterocycles. The number of hydrogen-bond donors (Lipinski definition) is 0. The molecule has 1 aliphatic rings. The van der Waals surface area contributed by atoms with Crippen molar-refractivity contribution in [3.63, 3.8) is 0 Å². The lowest BCUT2D eigenvalue weighted by atomic mass is 9.83. The second kappa shape index (κ2) is 7.92. The van der Waals surface area contributed by atoms with Gasteiger partial charge in [-0.1, -0.05) is 24.3 Å². The number of hydrogen-bond acceptors (Lipinski definition) is 6. The van der Waals surface area contributed by atoms with Crippen molar-refractivity contribution >= 4 is 34.9 Å². The lowest BCUT2D eigenvalue weighted by Gasteiger charge is -2.37. The summed E-state index contributed by atoms with van der Waals surface area (Å²) in [6.07, 6.45) is 0.0209. The summed E-state index contributed by atoms with van der Waals surface area (Å²) >= 11 is 1.40. The smallest absolute Gasteiger partial charge is 0.344 e. The third kappa shape index (κ3) is 3.12. The molecule has 1 aromatic carbocycles. The Bertz CT molecular complexity index is 800. The van der Waals surface area contributed by atoms with E-state index in [-0.39, 0.29) is 25.5 Å². The second-order valence-corrected chi connectivity index (χ2v) is 7.02. The van der Waals surface area contributed by atoms with Gasteiger partial charge in [-0.2, -0.15) is 0 Å². The number of carbonyl (C=O) groups is 3. The molecule has 0 aliphatic carbocycles. The van der Waals surface area contributed by atoms with Crippen molar-refractivity contribution < 1.29 is 23.9 Å². The number of carbonyl (C=O) groups excluding carboxylic acids is 3. The van der Waals surface area contributed by atoms with E-state index >= 15 is 0 Å². The first-order valence-corrected chi connectivity index (χ1v) is 9.71. The highest BCUT2D eigenvalue weighted by Gasteiger charge is 2.66. The van der Waals surface area contributed by atoms with Gasteiger partial charge in [-0.25, -0.2) is 9.59 Å². The van der Waals surface area contributed by atoms with Crippen molar-refractivity contribution in [2.24, 2.45) is 0 Å². The number of ether oxygens (including phenoxy) is 2. The van der Waals surface area contributed by atoms with E-state index in [2.05, 4.69) is 0 Å². The molecule has 6 nitrogen and oxygen atoms in total.